The fourth-order valence-electron chi connectivity index (χ4n) is 2.26. The van der Waals surface area contributed by atoms with E-state index in [9.17, 15) is 0 Å². The lowest BCUT2D eigenvalue weighted by atomic mass is 9.94. The molecule has 0 radical (unpaired) electrons. The summed E-state index contributed by atoms with van der Waals surface area (Å²) in [6.45, 7) is 7.67. The third-order valence-electron chi connectivity index (χ3n) is 3.48. The summed E-state index contributed by atoms with van der Waals surface area (Å²) in [6.07, 6.45) is 1.16. The number of hydrogen-bond donors (Lipinski definition) is 1. The molecule has 1 aromatic heterocycles. The predicted molar refractivity (Wildman–Crippen MR) is 93.1 cm³/mol. The van der Waals surface area contributed by atoms with E-state index in [0.717, 1.165) is 13.0 Å². The lowest BCUT2D eigenvalue weighted by Crippen LogP contribution is -2.23. The van der Waals surface area contributed by atoms with Crippen LogP contribution in [0.25, 0.3) is 0 Å². The van der Waals surface area contributed by atoms with Crippen molar-refractivity contribution in [3.05, 3.63) is 54.8 Å². The van der Waals surface area contributed by atoms with E-state index in [-0.39, 0.29) is 0 Å². The lowest BCUT2D eigenvalue weighted by Gasteiger charge is -2.21. The van der Waals surface area contributed by atoms with Gasteiger partial charge in [0.15, 0.2) is 0 Å². The van der Waals surface area contributed by atoms with Crippen molar-refractivity contribution in [2.75, 3.05) is 6.54 Å². The quantitative estimate of drug-likeness (QED) is 0.710. The van der Waals surface area contributed by atoms with Gasteiger partial charge in [0.1, 0.15) is 0 Å². The second-order valence-corrected chi connectivity index (χ2v) is 7.67. The van der Waals surface area contributed by atoms with Gasteiger partial charge in [-0.2, -0.15) is 0 Å². The maximum absolute atomic E-state index is 3.69. The summed E-state index contributed by atoms with van der Waals surface area (Å²) in [6, 6.07) is 9.21. The highest BCUT2D eigenvalue weighted by Crippen LogP contribution is 2.30. The van der Waals surface area contributed by atoms with Gasteiger partial charge in [-0.05, 0) is 83.1 Å². The maximum Gasteiger partial charge on any atom is 0.0656 e. The molecule has 0 fully saturated rings. The van der Waals surface area contributed by atoms with Gasteiger partial charge >= 0.3 is 0 Å². The molecule has 1 atom stereocenters. The number of aryl methyl sites for hydroxylation is 1. The van der Waals surface area contributed by atoms with E-state index in [1.165, 1.54) is 25.1 Å². The molecule has 0 amide bonds. The van der Waals surface area contributed by atoms with Crippen molar-refractivity contribution in [2.24, 2.45) is 0 Å². The van der Waals surface area contributed by atoms with Gasteiger partial charge in [0.2, 0.25) is 0 Å². The Morgan fingerprint density at radius 1 is 1.32 bits per heavy atom. The van der Waals surface area contributed by atoms with Gasteiger partial charge in [-0.15, -0.1) is 11.3 Å². The highest BCUT2D eigenvalue weighted by atomic mass is 127. The molecular formula is C16H20INS. The molecule has 1 N–H and O–H groups in total. The van der Waals surface area contributed by atoms with E-state index in [4.69, 9.17) is 0 Å². The number of halogens is 1. The average molecular weight is 385 g/mol. The van der Waals surface area contributed by atoms with Gasteiger partial charge in [0.05, 0.1) is 8.93 Å². The molecule has 2 aromatic rings. The first kappa shape index (κ1) is 15.0. The predicted octanol–water partition coefficient (Wildman–Crippen LogP) is 5.06. The van der Waals surface area contributed by atoms with E-state index >= 15 is 0 Å². The number of hydrogen-bond acceptors (Lipinski definition) is 2. The first-order chi connectivity index (χ1) is 9.13. The molecule has 0 saturated carbocycles. The van der Waals surface area contributed by atoms with Crippen LogP contribution >= 0.6 is 33.9 Å². The van der Waals surface area contributed by atoms with Crippen LogP contribution in [0.3, 0.4) is 0 Å². The fraction of sp³-hybridized carbons (Fsp3) is 0.375. The molecule has 1 heterocycles. The van der Waals surface area contributed by atoms with Gasteiger partial charge in [-0.25, -0.2) is 0 Å². The maximum atomic E-state index is 3.69. The van der Waals surface area contributed by atoms with E-state index < -0.39 is 0 Å². The molecular weight excluding hydrogens is 365 g/mol. The molecule has 0 aliphatic carbocycles. The number of thiophene rings is 1. The van der Waals surface area contributed by atoms with Crippen LogP contribution in [0, 0.1) is 16.7 Å². The van der Waals surface area contributed by atoms with Gasteiger partial charge in [0, 0.05) is 0 Å². The van der Waals surface area contributed by atoms with Crippen LogP contribution in [0.2, 0.25) is 0 Å². The lowest BCUT2D eigenvalue weighted by molar-refractivity contribution is 0.597. The molecule has 19 heavy (non-hydrogen) atoms. The Kier molecular flexibility index (Phi) is 5.42. The number of rotatable bonds is 5. The summed E-state index contributed by atoms with van der Waals surface area (Å²) >= 11 is 4.21. The van der Waals surface area contributed by atoms with E-state index in [0.29, 0.717) is 6.04 Å². The average Bonchev–Trinajstić information content (AvgIpc) is 2.81. The van der Waals surface area contributed by atoms with Crippen LogP contribution < -0.4 is 5.32 Å². The normalized spacial score (nSPS) is 12.6. The zero-order valence-corrected chi connectivity index (χ0v) is 14.6. The topological polar surface area (TPSA) is 12.0 Å². The van der Waals surface area contributed by atoms with Gasteiger partial charge in [-0.1, -0.05) is 25.1 Å². The minimum atomic E-state index is 0.319. The molecule has 3 heteroatoms. The van der Waals surface area contributed by atoms with Crippen LogP contribution in [0.4, 0.5) is 0 Å². The zero-order valence-electron chi connectivity index (χ0n) is 11.7. The highest BCUT2D eigenvalue weighted by Gasteiger charge is 2.17. The Labute approximate surface area is 133 Å². The van der Waals surface area contributed by atoms with Crippen molar-refractivity contribution >= 4 is 33.9 Å². The monoisotopic (exact) mass is 385 g/mol. The minimum absolute atomic E-state index is 0.319. The second-order valence-electron chi connectivity index (χ2n) is 4.86. The van der Waals surface area contributed by atoms with Crippen molar-refractivity contribution < 1.29 is 0 Å². The Hall–Kier alpha value is -0.390. The summed E-state index contributed by atoms with van der Waals surface area (Å²) in [5.41, 5.74) is 5.56. The zero-order chi connectivity index (χ0) is 13.8. The largest absolute Gasteiger partial charge is 0.306 e. The van der Waals surface area contributed by atoms with Gasteiger partial charge in [-0.3, -0.25) is 0 Å². The smallest absolute Gasteiger partial charge is 0.0656 e. The summed E-state index contributed by atoms with van der Waals surface area (Å²) in [5, 5.41) is 5.96. The summed E-state index contributed by atoms with van der Waals surface area (Å²) in [7, 11) is 0. The molecule has 1 aromatic carbocycles. The Morgan fingerprint density at radius 2 is 2.11 bits per heavy atom. The second kappa shape index (κ2) is 6.86. The molecule has 0 bridgehead atoms. The summed E-state index contributed by atoms with van der Waals surface area (Å²) in [5.74, 6) is 0. The first-order valence-electron chi connectivity index (χ1n) is 6.67. The van der Waals surface area contributed by atoms with Crippen LogP contribution in [0.5, 0.6) is 0 Å². The third-order valence-corrected chi connectivity index (χ3v) is 5.28. The Bertz CT molecular complexity index is 547. The number of nitrogens with one attached hydrogen (secondary N) is 1. The van der Waals surface area contributed by atoms with Crippen LogP contribution in [0.1, 0.15) is 41.6 Å². The van der Waals surface area contributed by atoms with Crippen molar-refractivity contribution in [2.45, 2.75) is 33.2 Å². The van der Waals surface area contributed by atoms with Crippen molar-refractivity contribution in [3.63, 3.8) is 0 Å². The molecule has 0 aliphatic heterocycles. The summed E-state index contributed by atoms with van der Waals surface area (Å²) < 4.78 is 1.35. The van der Waals surface area contributed by atoms with Crippen LogP contribution in [-0.4, -0.2) is 6.54 Å². The molecule has 1 nitrogen and oxygen atoms in total. The van der Waals surface area contributed by atoms with Gasteiger partial charge < -0.3 is 5.32 Å². The van der Waals surface area contributed by atoms with E-state index in [1.807, 2.05) is 11.3 Å². The SMILES string of the molecule is CCCNC(c1csc(I)c1)c1cccc(C)c1C. The van der Waals surface area contributed by atoms with Crippen molar-refractivity contribution in [1.82, 2.24) is 5.32 Å². The molecule has 0 aliphatic rings. The Balaban J connectivity index is 2.39. The number of benzene rings is 1. The van der Waals surface area contributed by atoms with Crippen molar-refractivity contribution in [3.8, 4) is 0 Å². The molecule has 2 rings (SSSR count). The fourth-order valence-corrected chi connectivity index (χ4v) is 3.66. The van der Waals surface area contributed by atoms with E-state index in [2.05, 4.69) is 78.3 Å². The van der Waals surface area contributed by atoms with Crippen LogP contribution in [-0.2, 0) is 0 Å². The van der Waals surface area contributed by atoms with Crippen molar-refractivity contribution in [1.29, 1.82) is 0 Å². The molecule has 0 spiro atoms. The molecule has 102 valence electrons. The molecule has 1 unspecified atom stereocenters. The molecule has 0 saturated heterocycles. The van der Waals surface area contributed by atoms with Crippen LogP contribution in [0.15, 0.2) is 29.6 Å². The highest BCUT2D eigenvalue weighted by molar-refractivity contribution is 14.1. The van der Waals surface area contributed by atoms with E-state index in [1.54, 1.807) is 0 Å². The standard InChI is InChI=1S/C16H20INS/c1-4-8-18-16(13-9-15(17)19-10-13)14-7-5-6-11(2)12(14)3/h5-7,9-10,16,18H,4,8H2,1-3H3. The Morgan fingerprint density at radius 3 is 2.74 bits per heavy atom. The third kappa shape index (κ3) is 3.58. The van der Waals surface area contributed by atoms with Gasteiger partial charge in [0.25, 0.3) is 0 Å². The minimum Gasteiger partial charge on any atom is -0.306 e. The first-order valence-corrected chi connectivity index (χ1v) is 8.62. The summed E-state index contributed by atoms with van der Waals surface area (Å²) in [4.78, 5) is 0.